The van der Waals surface area contributed by atoms with E-state index in [1.165, 1.54) is 17.1 Å². The van der Waals surface area contributed by atoms with E-state index >= 15 is 0 Å². The van der Waals surface area contributed by atoms with Gasteiger partial charge < -0.3 is 16.8 Å². The number of anilines is 1. The van der Waals surface area contributed by atoms with E-state index in [2.05, 4.69) is 20.4 Å². The molecule has 3 heterocycles. The Morgan fingerprint density at radius 3 is 2.57 bits per heavy atom. The molecule has 0 bridgehead atoms. The summed E-state index contributed by atoms with van der Waals surface area (Å²) in [6.45, 7) is 5.81. The molecular weight excluding hydrogens is 475 g/mol. The average Bonchev–Trinajstić information content (AvgIpc) is 3.43. The Morgan fingerprint density at radius 2 is 1.97 bits per heavy atom. The second-order valence-corrected chi connectivity index (χ2v) is 8.90. The molecule has 35 heavy (non-hydrogen) atoms. The minimum absolute atomic E-state index is 0.0272. The predicted molar refractivity (Wildman–Crippen MR) is 130 cm³/mol. The highest BCUT2D eigenvalue weighted by Gasteiger charge is 2.22. The van der Waals surface area contributed by atoms with Crippen LogP contribution < -0.4 is 16.8 Å². The molecule has 1 saturated heterocycles. The summed E-state index contributed by atoms with van der Waals surface area (Å²) in [7, 11) is 0. The second kappa shape index (κ2) is 9.96. The van der Waals surface area contributed by atoms with E-state index < -0.39 is 12.1 Å². The summed E-state index contributed by atoms with van der Waals surface area (Å²) in [4.78, 5) is 35.0. The molecule has 0 spiro atoms. The van der Waals surface area contributed by atoms with Crippen molar-refractivity contribution in [3.63, 3.8) is 0 Å². The summed E-state index contributed by atoms with van der Waals surface area (Å²) < 4.78 is 14.6. The molecule has 1 aromatic carbocycles. The van der Waals surface area contributed by atoms with Gasteiger partial charge in [-0.2, -0.15) is 5.10 Å². The van der Waals surface area contributed by atoms with Gasteiger partial charge in [-0.15, -0.1) is 0 Å². The standard InChI is InChI=1S/C23H26ClFN8O2/c1-12-7-14(8-13(2)17(12)23(35)28-4-6-32-5-3-16(25)11-32)18-19(24)31-20(26)22(30-18)33-10-15(9-29-33)21(27)34/h7-10,16H,3-6,11H2,1-2H3,(H2,26,31)(H2,27,34)(H,28,35)/t16-/m1/s1. The molecule has 3 aromatic rings. The first-order valence-electron chi connectivity index (χ1n) is 11.1. The van der Waals surface area contributed by atoms with E-state index in [9.17, 15) is 14.0 Å². The zero-order valence-electron chi connectivity index (χ0n) is 19.4. The Balaban J connectivity index is 1.57. The van der Waals surface area contributed by atoms with Crippen molar-refractivity contribution >= 4 is 29.2 Å². The van der Waals surface area contributed by atoms with Gasteiger partial charge >= 0.3 is 0 Å². The molecule has 0 radical (unpaired) electrons. The van der Waals surface area contributed by atoms with Crippen LogP contribution in [0.1, 0.15) is 38.3 Å². The van der Waals surface area contributed by atoms with Crippen LogP contribution in [0.15, 0.2) is 24.5 Å². The fourth-order valence-electron chi connectivity index (χ4n) is 4.20. The fourth-order valence-corrected chi connectivity index (χ4v) is 4.44. The third-order valence-electron chi connectivity index (χ3n) is 5.91. The van der Waals surface area contributed by atoms with E-state index in [0.717, 1.165) is 11.1 Å². The minimum Gasteiger partial charge on any atom is -0.381 e. The quantitative estimate of drug-likeness (QED) is 0.450. The maximum Gasteiger partial charge on any atom is 0.251 e. The van der Waals surface area contributed by atoms with E-state index in [4.69, 9.17) is 23.1 Å². The third kappa shape index (κ3) is 5.25. The number of alkyl halides is 1. The number of amides is 2. The summed E-state index contributed by atoms with van der Waals surface area (Å²) in [6, 6.07) is 3.59. The van der Waals surface area contributed by atoms with Crippen molar-refractivity contribution in [1.29, 1.82) is 0 Å². The Kier molecular flexibility index (Phi) is 6.99. The Labute approximate surface area is 206 Å². The maximum atomic E-state index is 13.3. The number of rotatable bonds is 7. The zero-order chi connectivity index (χ0) is 25.3. The molecule has 1 atom stereocenters. The number of benzene rings is 1. The summed E-state index contributed by atoms with van der Waals surface area (Å²) >= 11 is 6.36. The van der Waals surface area contributed by atoms with Gasteiger partial charge in [-0.05, 0) is 43.5 Å². The highest BCUT2D eigenvalue weighted by atomic mass is 35.5. The first kappa shape index (κ1) is 24.6. The molecule has 184 valence electrons. The smallest absolute Gasteiger partial charge is 0.251 e. The number of primary amides is 1. The van der Waals surface area contributed by atoms with Crippen molar-refractivity contribution in [2.45, 2.75) is 26.4 Å². The number of hydrogen-bond acceptors (Lipinski definition) is 7. The SMILES string of the molecule is Cc1cc(-c2nc(-n3cc(C(N)=O)cn3)c(N)nc2Cl)cc(C)c1C(=O)NCCN1CC[C@@H](F)C1. The number of nitrogens with one attached hydrogen (secondary N) is 1. The lowest BCUT2D eigenvalue weighted by Crippen LogP contribution is -2.34. The Hall–Kier alpha value is -3.57. The van der Waals surface area contributed by atoms with Crippen LogP contribution >= 0.6 is 11.6 Å². The lowest BCUT2D eigenvalue weighted by molar-refractivity contribution is 0.0947. The van der Waals surface area contributed by atoms with Gasteiger partial charge in [-0.3, -0.25) is 14.5 Å². The first-order valence-corrected chi connectivity index (χ1v) is 11.5. The summed E-state index contributed by atoms with van der Waals surface area (Å²) in [5, 5.41) is 7.08. The number of likely N-dealkylation sites (tertiary alicyclic amines) is 1. The number of hydrogen-bond donors (Lipinski definition) is 3. The largest absolute Gasteiger partial charge is 0.381 e. The van der Waals surface area contributed by atoms with Crippen LogP contribution in [-0.4, -0.2) is 68.8 Å². The molecule has 5 N–H and O–H groups in total. The highest BCUT2D eigenvalue weighted by molar-refractivity contribution is 6.32. The van der Waals surface area contributed by atoms with Gasteiger partial charge in [0, 0.05) is 43.5 Å². The molecule has 0 aliphatic carbocycles. The number of nitrogen functional groups attached to an aromatic ring is 1. The number of nitrogens with zero attached hydrogens (tertiary/aromatic N) is 5. The molecule has 10 nitrogen and oxygen atoms in total. The van der Waals surface area contributed by atoms with Crippen molar-refractivity contribution in [3.05, 3.63) is 51.9 Å². The topological polar surface area (TPSA) is 145 Å². The molecule has 0 saturated carbocycles. The molecular formula is C23H26ClFN8O2. The van der Waals surface area contributed by atoms with E-state index in [1.807, 2.05) is 18.7 Å². The monoisotopic (exact) mass is 500 g/mol. The third-order valence-corrected chi connectivity index (χ3v) is 6.17. The van der Waals surface area contributed by atoms with Gasteiger partial charge in [0.05, 0.1) is 11.8 Å². The molecule has 2 aromatic heterocycles. The molecule has 4 rings (SSSR count). The average molecular weight is 501 g/mol. The van der Waals surface area contributed by atoms with Crippen molar-refractivity contribution < 1.29 is 14.0 Å². The predicted octanol–water partition coefficient (Wildman–Crippen LogP) is 2.05. The van der Waals surface area contributed by atoms with Crippen molar-refractivity contribution in [2.75, 3.05) is 31.9 Å². The van der Waals surface area contributed by atoms with Crippen molar-refractivity contribution in [2.24, 2.45) is 5.73 Å². The molecule has 0 unspecified atom stereocenters. The molecule has 1 aliphatic rings. The zero-order valence-corrected chi connectivity index (χ0v) is 20.1. The number of aryl methyl sites for hydroxylation is 2. The maximum absolute atomic E-state index is 13.3. The first-order chi connectivity index (χ1) is 16.6. The van der Waals surface area contributed by atoms with E-state index in [-0.39, 0.29) is 28.3 Å². The number of carbonyl (C=O) groups excluding carboxylic acids is 2. The van der Waals surface area contributed by atoms with Gasteiger partial charge in [-0.1, -0.05) is 11.6 Å². The number of aromatic nitrogens is 4. The highest BCUT2D eigenvalue weighted by Crippen LogP contribution is 2.30. The summed E-state index contributed by atoms with van der Waals surface area (Å²) in [5.41, 5.74) is 14.5. The van der Waals surface area contributed by atoms with Crippen LogP contribution in [0.25, 0.3) is 17.1 Å². The van der Waals surface area contributed by atoms with Gasteiger partial charge in [0.25, 0.3) is 11.8 Å². The normalized spacial score (nSPS) is 15.9. The molecule has 2 amide bonds. The lowest BCUT2D eigenvalue weighted by Gasteiger charge is -2.17. The number of nitrogens with two attached hydrogens (primary N) is 2. The van der Waals surface area contributed by atoms with Crippen LogP contribution in [0.2, 0.25) is 5.15 Å². The van der Waals surface area contributed by atoms with Gasteiger partial charge in [0.1, 0.15) is 11.9 Å². The fraction of sp³-hybridized carbons (Fsp3) is 0.348. The molecule has 1 fully saturated rings. The molecule has 12 heteroatoms. The second-order valence-electron chi connectivity index (χ2n) is 8.54. The van der Waals surface area contributed by atoms with Crippen molar-refractivity contribution in [1.82, 2.24) is 30.0 Å². The van der Waals surface area contributed by atoms with Gasteiger partial charge in [0.2, 0.25) is 0 Å². The number of halogens is 2. The van der Waals surface area contributed by atoms with Crippen LogP contribution in [-0.2, 0) is 0 Å². The van der Waals surface area contributed by atoms with Gasteiger partial charge in [-0.25, -0.2) is 19.0 Å². The van der Waals surface area contributed by atoms with Crippen LogP contribution in [0, 0.1) is 13.8 Å². The van der Waals surface area contributed by atoms with E-state index in [0.29, 0.717) is 49.4 Å². The van der Waals surface area contributed by atoms with Crippen LogP contribution in [0.4, 0.5) is 10.2 Å². The van der Waals surface area contributed by atoms with Crippen LogP contribution in [0.5, 0.6) is 0 Å². The van der Waals surface area contributed by atoms with Gasteiger partial charge in [0.15, 0.2) is 16.8 Å². The molecule has 1 aliphatic heterocycles. The minimum atomic E-state index is -0.787. The summed E-state index contributed by atoms with van der Waals surface area (Å²) in [5.74, 6) is -0.622. The van der Waals surface area contributed by atoms with Crippen molar-refractivity contribution in [3.8, 4) is 17.1 Å². The number of carbonyl (C=O) groups is 2. The van der Waals surface area contributed by atoms with Crippen LogP contribution in [0.3, 0.4) is 0 Å². The Bertz CT molecular complexity index is 1270. The van der Waals surface area contributed by atoms with E-state index in [1.54, 1.807) is 12.1 Å². The Morgan fingerprint density at radius 1 is 1.26 bits per heavy atom. The summed E-state index contributed by atoms with van der Waals surface area (Å²) in [6.07, 6.45) is 2.46. The lowest BCUT2D eigenvalue weighted by atomic mass is 9.97.